The van der Waals surface area contributed by atoms with Crippen LogP contribution in [0.4, 0.5) is 0 Å². The number of ether oxygens (including phenoxy) is 1. The summed E-state index contributed by atoms with van der Waals surface area (Å²) in [7, 11) is 0. The van der Waals surface area contributed by atoms with Crippen LogP contribution in [-0.4, -0.2) is 43.0 Å². The van der Waals surface area contributed by atoms with Crippen LogP contribution in [0.1, 0.15) is 31.0 Å². The van der Waals surface area contributed by atoms with E-state index >= 15 is 0 Å². The SMILES string of the molecule is CCN(CC)C(CNC(=O)COc1ccc(CC(N)=O)cc1)c1ccsc1. The zero-order chi connectivity index (χ0) is 19.6. The number of hydrogen-bond donors (Lipinski definition) is 2. The Balaban J connectivity index is 1.84. The van der Waals surface area contributed by atoms with Crippen LogP contribution in [-0.2, 0) is 16.0 Å². The van der Waals surface area contributed by atoms with E-state index in [9.17, 15) is 9.59 Å². The van der Waals surface area contributed by atoms with E-state index in [-0.39, 0.29) is 30.9 Å². The molecule has 0 saturated heterocycles. The van der Waals surface area contributed by atoms with Gasteiger partial charge in [-0.05, 0) is 53.2 Å². The molecule has 0 fully saturated rings. The predicted molar refractivity (Wildman–Crippen MR) is 108 cm³/mol. The Labute approximate surface area is 164 Å². The number of rotatable bonds is 11. The molecule has 1 heterocycles. The first-order chi connectivity index (χ1) is 13.0. The number of primary amides is 1. The number of nitrogens with two attached hydrogens (primary N) is 1. The minimum Gasteiger partial charge on any atom is -0.484 e. The lowest BCUT2D eigenvalue weighted by atomic mass is 10.1. The third-order valence-electron chi connectivity index (χ3n) is 4.35. The maximum Gasteiger partial charge on any atom is 0.258 e. The zero-order valence-electron chi connectivity index (χ0n) is 15.8. The van der Waals surface area contributed by atoms with Crippen molar-refractivity contribution >= 4 is 23.2 Å². The lowest BCUT2D eigenvalue weighted by Gasteiger charge is -2.29. The molecule has 6 nitrogen and oxygen atoms in total. The van der Waals surface area contributed by atoms with Crippen molar-refractivity contribution in [2.24, 2.45) is 5.73 Å². The first-order valence-electron chi connectivity index (χ1n) is 9.06. The van der Waals surface area contributed by atoms with Gasteiger partial charge in [0.25, 0.3) is 5.91 Å². The van der Waals surface area contributed by atoms with Gasteiger partial charge in [-0.1, -0.05) is 26.0 Å². The third-order valence-corrected chi connectivity index (χ3v) is 5.05. The normalized spacial score (nSPS) is 12.0. The van der Waals surface area contributed by atoms with Crippen LogP contribution in [0.15, 0.2) is 41.1 Å². The fourth-order valence-corrected chi connectivity index (χ4v) is 3.61. The van der Waals surface area contributed by atoms with Crippen LogP contribution in [0, 0.1) is 0 Å². The summed E-state index contributed by atoms with van der Waals surface area (Å²) in [5, 5.41) is 7.14. The van der Waals surface area contributed by atoms with E-state index in [0.717, 1.165) is 18.7 Å². The van der Waals surface area contributed by atoms with Gasteiger partial charge < -0.3 is 15.8 Å². The summed E-state index contributed by atoms with van der Waals surface area (Å²) in [6, 6.07) is 9.26. The van der Waals surface area contributed by atoms with Crippen molar-refractivity contribution in [3.63, 3.8) is 0 Å². The number of carbonyl (C=O) groups excluding carboxylic acids is 2. The number of amides is 2. The monoisotopic (exact) mass is 389 g/mol. The highest BCUT2D eigenvalue weighted by molar-refractivity contribution is 7.07. The van der Waals surface area contributed by atoms with Crippen LogP contribution in [0.3, 0.4) is 0 Å². The molecule has 27 heavy (non-hydrogen) atoms. The van der Waals surface area contributed by atoms with Gasteiger partial charge in [0.15, 0.2) is 6.61 Å². The minimum absolute atomic E-state index is 0.0518. The molecule has 1 unspecified atom stereocenters. The standard InChI is InChI=1S/C20H27N3O3S/c1-3-23(4-2)18(16-9-10-27-14-16)12-22-20(25)13-26-17-7-5-15(6-8-17)11-19(21)24/h5-10,14,18H,3-4,11-13H2,1-2H3,(H2,21,24)(H,22,25). The second-order valence-corrected chi connectivity index (χ2v) is 6.95. The summed E-state index contributed by atoms with van der Waals surface area (Å²) < 4.78 is 5.52. The molecular formula is C20H27N3O3S. The number of benzene rings is 1. The van der Waals surface area contributed by atoms with E-state index in [1.165, 1.54) is 5.56 Å². The molecule has 1 aromatic carbocycles. The van der Waals surface area contributed by atoms with Gasteiger partial charge in [0, 0.05) is 6.54 Å². The highest BCUT2D eigenvalue weighted by Gasteiger charge is 2.19. The maximum atomic E-state index is 12.2. The molecule has 0 aliphatic heterocycles. The van der Waals surface area contributed by atoms with Gasteiger partial charge in [-0.15, -0.1) is 0 Å². The quantitative estimate of drug-likeness (QED) is 0.618. The van der Waals surface area contributed by atoms with Crippen molar-refractivity contribution in [2.75, 3.05) is 26.2 Å². The second-order valence-electron chi connectivity index (χ2n) is 6.17. The number of likely N-dealkylation sites (N-methyl/N-ethyl adjacent to an activating group) is 1. The summed E-state index contributed by atoms with van der Waals surface area (Å²) in [6.45, 7) is 6.56. The second kappa shape index (κ2) is 10.7. The number of nitrogens with zero attached hydrogens (tertiary/aromatic N) is 1. The molecule has 0 spiro atoms. The van der Waals surface area contributed by atoms with Gasteiger partial charge in [0.05, 0.1) is 12.5 Å². The Kier molecular flexibility index (Phi) is 8.29. The van der Waals surface area contributed by atoms with Crippen LogP contribution in [0.2, 0.25) is 0 Å². The van der Waals surface area contributed by atoms with Crippen LogP contribution >= 0.6 is 11.3 Å². The van der Waals surface area contributed by atoms with Crippen molar-refractivity contribution in [3.8, 4) is 5.75 Å². The van der Waals surface area contributed by atoms with E-state index < -0.39 is 0 Å². The molecule has 0 radical (unpaired) electrons. The predicted octanol–water partition coefficient (Wildman–Crippen LogP) is 2.35. The number of carbonyl (C=O) groups is 2. The summed E-state index contributed by atoms with van der Waals surface area (Å²) >= 11 is 1.66. The van der Waals surface area contributed by atoms with Gasteiger partial charge in [-0.25, -0.2) is 0 Å². The summed E-state index contributed by atoms with van der Waals surface area (Å²) in [4.78, 5) is 25.4. The summed E-state index contributed by atoms with van der Waals surface area (Å²) in [5.74, 6) is 0.0384. The Morgan fingerprint density at radius 1 is 1.19 bits per heavy atom. The molecule has 2 aromatic rings. The van der Waals surface area contributed by atoms with E-state index in [2.05, 4.69) is 40.9 Å². The number of thiophene rings is 1. The van der Waals surface area contributed by atoms with Crippen LogP contribution < -0.4 is 15.8 Å². The molecule has 146 valence electrons. The zero-order valence-corrected chi connectivity index (χ0v) is 16.6. The van der Waals surface area contributed by atoms with E-state index in [0.29, 0.717) is 12.3 Å². The average Bonchev–Trinajstić information content (AvgIpc) is 3.18. The molecule has 2 amide bonds. The number of nitrogens with one attached hydrogen (secondary N) is 1. The van der Waals surface area contributed by atoms with Crippen molar-refractivity contribution < 1.29 is 14.3 Å². The van der Waals surface area contributed by atoms with Crippen LogP contribution in [0.5, 0.6) is 5.75 Å². The molecule has 0 aliphatic rings. The van der Waals surface area contributed by atoms with Gasteiger partial charge >= 0.3 is 0 Å². The Morgan fingerprint density at radius 2 is 1.89 bits per heavy atom. The Hall–Kier alpha value is -2.38. The molecule has 3 N–H and O–H groups in total. The van der Waals surface area contributed by atoms with Crippen LogP contribution in [0.25, 0.3) is 0 Å². The number of hydrogen-bond acceptors (Lipinski definition) is 5. The first kappa shape index (κ1) is 20.9. The highest BCUT2D eigenvalue weighted by atomic mass is 32.1. The average molecular weight is 390 g/mol. The summed E-state index contributed by atoms with van der Waals surface area (Å²) in [6.07, 6.45) is 0.191. The largest absolute Gasteiger partial charge is 0.484 e. The fraction of sp³-hybridized carbons (Fsp3) is 0.400. The minimum atomic E-state index is -0.378. The van der Waals surface area contributed by atoms with Crippen molar-refractivity contribution in [1.29, 1.82) is 0 Å². The van der Waals surface area contributed by atoms with Crippen molar-refractivity contribution in [1.82, 2.24) is 10.2 Å². The molecular weight excluding hydrogens is 362 g/mol. The topological polar surface area (TPSA) is 84.7 Å². The van der Waals surface area contributed by atoms with E-state index in [1.54, 1.807) is 35.6 Å². The van der Waals surface area contributed by atoms with Crippen molar-refractivity contribution in [3.05, 3.63) is 52.2 Å². The van der Waals surface area contributed by atoms with Crippen molar-refractivity contribution in [2.45, 2.75) is 26.3 Å². The molecule has 2 rings (SSSR count). The summed E-state index contributed by atoms with van der Waals surface area (Å²) in [5.41, 5.74) is 7.20. The third kappa shape index (κ3) is 6.69. The highest BCUT2D eigenvalue weighted by Crippen LogP contribution is 2.22. The molecule has 0 bridgehead atoms. The maximum absolute atomic E-state index is 12.2. The Morgan fingerprint density at radius 3 is 2.44 bits per heavy atom. The lowest BCUT2D eigenvalue weighted by molar-refractivity contribution is -0.123. The van der Waals surface area contributed by atoms with E-state index in [1.807, 2.05) is 0 Å². The lowest BCUT2D eigenvalue weighted by Crippen LogP contribution is -2.39. The molecule has 0 aliphatic carbocycles. The van der Waals surface area contributed by atoms with Gasteiger partial charge in [0.1, 0.15) is 5.75 Å². The van der Waals surface area contributed by atoms with Gasteiger partial charge in [-0.2, -0.15) is 11.3 Å². The molecule has 0 saturated carbocycles. The first-order valence-corrected chi connectivity index (χ1v) is 10.0. The van der Waals surface area contributed by atoms with E-state index in [4.69, 9.17) is 10.5 Å². The van der Waals surface area contributed by atoms with Gasteiger partial charge in [-0.3, -0.25) is 14.5 Å². The molecule has 1 aromatic heterocycles. The van der Waals surface area contributed by atoms with Gasteiger partial charge in [0.2, 0.25) is 5.91 Å². The molecule has 7 heteroatoms. The fourth-order valence-electron chi connectivity index (χ4n) is 2.90. The smallest absolute Gasteiger partial charge is 0.258 e. The Bertz CT molecular complexity index is 713. The molecule has 1 atom stereocenters.